The highest BCUT2D eigenvalue weighted by Crippen LogP contribution is 2.06. The lowest BCUT2D eigenvalue weighted by Gasteiger charge is -2.13. The fourth-order valence-electron chi connectivity index (χ4n) is 1.39. The van der Waals surface area contributed by atoms with E-state index in [0.29, 0.717) is 12.3 Å². The summed E-state index contributed by atoms with van der Waals surface area (Å²) < 4.78 is 9.99. The summed E-state index contributed by atoms with van der Waals surface area (Å²) in [5.74, 6) is 5.16. The number of ether oxygens (including phenoxy) is 1. The second-order valence-electron chi connectivity index (χ2n) is 3.74. The molecular formula is C10H18N4O3. The largest absolute Gasteiger partial charge is 0.385 e. The zero-order valence-corrected chi connectivity index (χ0v) is 10.1. The van der Waals surface area contributed by atoms with Gasteiger partial charge in [0.15, 0.2) is 11.5 Å². The van der Waals surface area contributed by atoms with E-state index in [9.17, 15) is 4.79 Å². The smallest absolute Gasteiger partial charge is 0.287 e. The molecule has 0 aliphatic rings. The Hall–Kier alpha value is -1.44. The number of nitrogen functional groups attached to an aromatic ring is 1. The third-order valence-corrected chi connectivity index (χ3v) is 2.24. The van der Waals surface area contributed by atoms with Crippen LogP contribution in [-0.2, 0) is 11.3 Å². The molecule has 1 aromatic heterocycles. The van der Waals surface area contributed by atoms with Crippen molar-refractivity contribution < 1.29 is 14.1 Å². The molecule has 1 aromatic rings. The molecule has 0 aromatic carbocycles. The quantitative estimate of drug-likeness (QED) is 0.296. The summed E-state index contributed by atoms with van der Waals surface area (Å²) in [4.78, 5) is 13.2. The van der Waals surface area contributed by atoms with Crippen LogP contribution in [0.5, 0.6) is 0 Å². The van der Waals surface area contributed by atoms with Crippen molar-refractivity contribution in [2.45, 2.75) is 13.0 Å². The predicted octanol–water partition coefficient (Wildman–Crippen LogP) is -0.254. The SMILES string of the molecule is COCCCN(C)Cc1cc(C(=O)NN)no1. The number of hydrogen-bond acceptors (Lipinski definition) is 6. The lowest BCUT2D eigenvalue weighted by atomic mass is 10.3. The fraction of sp³-hybridized carbons (Fsp3) is 0.600. The van der Waals surface area contributed by atoms with E-state index in [-0.39, 0.29) is 5.69 Å². The third-order valence-electron chi connectivity index (χ3n) is 2.24. The van der Waals surface area contributed by atoms with Crippen molar-refractivity contribution in [2.24, 2.45) is 5.84 Å². The van der Waals surface area contributed by atoms with Crippen LogP contribution in [0.25, 0.3) is 0 Å². The molecule has 7 heteroatoms. The van der Waals surface area contributed by atoms with Crippen LogP contribution >= 0.6 is 0 Å². The lowest BCUT2D eigenvalue weighted by molar-refractivity contribution is 0.0944. The van der Waals surface area contributed by atoms with E-state index < -0.39 is 5.91 Å². The zero-order valence-electron chi connectivity index (χ0n) is 10.1. The summed E-state index contributed by atoms with van der Waals surface area (Å²) in [6.07, 6.45) is 0.942. The van der Waals surface area contributed by atoms with Crippen LogP contribution < -0.4 is 11.3 Å². The van der Waals surface area contributed by atoms with E-state index in [4.69, 9.17) is 15.1 Å². The van der Waals surface area contributed by atoms with Gasteiger partial charge < -0.3 is 9.26 Å². The number of methoxy groups -OCH3 is 1. The average Bonchev–Trinajstić information content (AvgIpc) is 2.77. The average molecular weight is 242 g/mol. The molecule has 96 valence electrons. The molecule has 0 aliphatic carbocycles. The highest BCUT2D eigenvalue weighted by Gasteiger charge is 2.12. The summed E-state index contributed by atoms with van der Waals surface area (Å²) in [7, 11) is 3.63. The topological polar surface area (TPSA) is 93.6 Å². The Balaban J connectivity index is 2.40. The summed E-state index contributed by atoms with van der Waals surface area (Å²) >= 11 is 0. The van der Waals surface area contributed by atoms with Gasteiger partial charge >= 0.3 is 0 Å². The van der Waals surface area contributed by atoms with Crippen LogP contribution in [0.15, 0.2) is 10.6 Å². The van der Waals surface area contributed by atoms with Gasteiger partial charge in [0.05, 0.1) is 6.54 Å². The number of carbonyl (C=O) groups excluding carboxylic acids is 1. The molecule has 0 spiro atoms. The van der Waals surface area contributed by atoms with Gasteiger partial charge in [0, 0.05) is 26.3 Å². The van der Waals surface area contributed by atoms with E-state index in [1.165, 1.54) is 0 Å². The third kappa shape index (κ3) is 4.51. The molecule has 0 unspecified atom stereocenters. The minimum Gasteiger partial charge on any atom is -0.385 e. The van der Waals surface area contributed by atoms with Crippen molar-refractivity contribution in [3.8, 4) is 0 Å². The van der Waals surface area contributed by atoms with Crippen molar-refractivity contribution in [1.82, 2.24) is 15.5 Å². The number of nitrogens with zero attached hydrogens (tertiary/aromatic N) is 2. The Morgan fingerprint density at radius 1 is 1.71 bits per heavy atom. The van der Waals surface area contributed by atoms with Crippen molar-refractivity contribution in [3.05, 3.63) is 17.5 Å². The summed E-state index contributed by atoms with van der Waals surface area (Å²) in [5.41, 5.74) is 2.19. The molecule has 1 heterocycles. The lowest BCUT2D eigenvalue weighted by Crippen LogP contribution is -2.30. The second kappa shape index (κ2) is 7.00. The van der Waals surface area contributed by atoms with Gasteiger partial charge in [-0.3, -0.25) is 15.1 Å². The van der Waals surface area contributed by atoms with Crippen molar-refractivity contribution in [1.29, 1.82) is 0 Å². The number of carbonyl (C=O) groups is 1. The number of aromatic nitrogens is 1. The van der Waals surface area contributed by atoms with E-state index in [0.717, 1.165) is 19.6 Å². The van der Waals surface area contributed by atoms with Gasteiger partial charge in [-0.1, -0.05) is 5.16 Å². The standard InChI is InChI=1S/C10H18N4O3/c1-14(4-3-5-16-2)7-8-6-9(13-17-8)10(15)12-11/h6H,3-5,7,11H2,1-2H3,(H,12,15). The molecule has 0 atom stereocenters. The maximum Gasteiger partial charge on any atom is 0.287 e. The first-order valence-corrected chi connectivity index (χ1v) is 5.31. The van der Waals surface area contributed by atoms with Gasteiger partial charge in [-0.25, -0.2) is 5.84 Å². The Morgan fingerprint density at radius 2 is 2.47 bits per heavy atom. The number of nitrogens with two attached hydrogens (primary N) is 1. The highest BCUT2D eigenvalue weighted by molar-refractivity contribution is 5.91. The molecule has 0 saturated carbocycles. The molecule has 0 saturated heterocycles. The summed E-state index contributed by atoms with van der Waals surface area (Å²) in [6.45, 7) is 2.20. The summed E-state index contributed by atoms with van der Waals surface area (Å²) in [6, 6.07) is 1.58. The Morgan fingerprint density at radius 3 is 3.12 bits per heavy atom. The van der Waals surface area contributed by atoms with Gasteiger partial charge in [0.1, 0.15) is 0 Å². The first-order chi connectivity index (χ1) is 8.17. The van der Waals surface area contributed by atoms with Crippen molar-refractivity contribution >= 4 is 5.91 Å². The fourth-order valence-corrected chi connectivity index (χ4v) is 1.39. The first kappa shape index (κ1) is 13.6. The van der Waals surface area contributed by atoms with Gasteiger partial charge in [0.25, 0.3) is 5.91 Å². The number of rotatable bonds is 7. The Labute approximate surface area is 99.8 Å². The Kier molecular flexibility index (Phi) is 5.61. The Bertz CT molecular complexity index is 353. The number of hydrazine groups is 1. The molecule has 0 bridgehead atoms. The van der Waals surface area contributed by atoms with Gasteiger partial charge in [-0.05, 0) is 13.5 Å². The zero-order chi connectivity index (χ0) is 12.7. The van der Waals surface area contributed by atoms with E-state index in [1.807, 2.05) is 12.5 Å². The first-order valence-electron chi connectivity index (χ1n) is 5.31. The van der Waals surface area contributed by atoms with Gasteiger partial charge in [-0.2, -0.15) is 0 Å². The molecule has 1 rings (SSSR count). The molecule has 0 aliphatic heterocycles. The van der Waals surface area contributed by atoms with E-state index in [2.05, 4.69) is 10.1 Å². The maximum atomic E-state index is 11.1. The number of hydrogen-bond donors (Lipinski definition) is 2. The van der Waals surface area contributed by atoms with Crippen molar-refractivity contribution in [2.75, 3.05) is 27.3 Å². The molecule has 0 radical (unpaired) electrons. The molecule has 17 heavy (non-hydrogen) atoms. The monoisotopic (exact) mass is 242 g/mol. The number of nitrogens with one attached hydrogen (secondary N) is 1. The van der Waals surface area contributed by atoms with Gasteiger partial charge in [0.2, 0.25) is 0 Å². The molecule has 1 amide bonds. The van der Waals surface area contributed by atoms with Crippen LogP contribution in [0.2, 0.25) is 0 Å². The van der Waals surface area contributed by atoms with Crippen LogP contribution in [-0.4, -0.2) is 43.3 Å². The predicted molar refractivity (Wildman–Crippen MR) is 61.0 cm³/mol. The van der Waals surface area contributed by atoms with Crippen molar-refractivity contribution in [3.63, 3.8) is 0 Å². The molecule has 0 fully saturated rings. The second-order valence-corrected chi connectivity index (χ2v) is 3.74. The van der Waals surface area contributed by atoms with Gasteiger partial charge in [-0.15, -0.1) is 0 Å². The molecular weight excluding hydrogens is 224 g/mol. The highest BCUT2D eigenvalue weighted by atomic mass is 16.5. The summed E-state index contributed by atoms with van der Waals surface area (Å²) in [5, 5.41) is 3.62. The maximum absolute atomic E-state index is 11.1. The van der Waals surface area contributed by atoms with Crippen LogP contribution in [0.1, 0.15) is 22.7 Å². The normalized spacial score (nSPS) is 10.8. The van der Waals surface area contributed by atoms with Crippen LogP contribution in [0, 0.1) is 0 Å². The van der Waals surface area contributed by atoms with E-state index in [1.54, 1.807) is 13.2 Å². The van der Waals surface area contributed by atoms with Crippen LogP contribution in [0.3, 0.4) is 0 Å². The molecule has 3 N–H and O–H groups in total. The van der Waals surface area contributed by atoms with Crippen LogP contribution in [0.4, 0.5) is 0 Å². The minimum absolute atomic E-state index is 0.188. The minimum atomic E-state index is -0.456. The number of amides is 1. The van der Waals surface area contributed by atoms with E-state index >= 15 is 0 Å². The molecule has 7 nitrogen and oxygen atoms in total.